The van der Waals surface area contributed by atoms with Crippen molar-refractivity contribution in [1.29, 1.82) is 0 Å². The minimum Gasteiger partial charge on any atom is -0.444 e. The number of hydrogen-bond donors (Lipinski definition) is 1. The van der Waals surface area contributed by atoms with Crippen LogP contribution < -0.4 is 0 Å². The molecule has 122 valence electrons. The SMILES string of the molecule is O=C(CO)N1CCN(Cc2coc(-c3ccc(F)cc3)n2)CC1. The highest BCUT2D eigenvalue weighted by Gasteiger charge is 2.21. The predicted octanol–water partition coefficient (Wildman–Crippen LogP) is 1.12. The molecule has 23 heavy (non-hydrogen) atoms. The molecule has 1 amide bonds. The van der Waals surface area contributed by atoms with Crippen LogP contribution in [0.3, 0.4) is 0 Å². The number of hydrogen-bond acceptors (Lipinski definition) is 5. The zero-order valence-electron chi connectivity index (χ0n) is 12.6. The van der Waals surface area contributed by atoms with Crippen molar-refractivity contribution in [3.05, 3.63) is 42.0 Å². The number of carbonyl (C=O) groups excluding carboxylic acids is 1. The fourth-order valence-electron chi connectivity index (χ4n) is 2.59. The second kappa shape index (κ2) is 6.89. The van der Waals surface area contributed by atoms with Crippen molar-refractivity contribution in [2.75, 3.05) is 32.8 Å². The lowest BCUT2D eigenvalue weighted by Crippen LogP contribution is -2.49. The van der Waals surface area contributed by atoms with E-state index in [4.69, 9.17) is 9.52 Å². The fraction of sp³-hybridized carbons (Fsp3) is 0.375. The van der Waals surface area contributed by atoms with Crippen LogP contribution in [0.25, 0.3) is 11.5 Å². The summed E-state index contributed by atoms with van der Waals surface area (Å²) >= 11 is 0. The minimum atomic E-state index is -0.440. The first-order valence-electron chi connectivity index (χ1n) is 7.47. The second-order valence-electron chi connectivity index (χ2n) is 5.47. The van der Waals surface area contributed by atoms with Gasteiger partial charge in [0.15, 0.2) is 0 Å². The zero-order valence-corrected chi connectivity index (χ0v) is 12.6. The number of carbonyl (C=O) groups is 1. The molecule has 1 aromatic heterocycles. The smallest absolute Gasteiger partial charge is 0.248 e. The third kappa shape index (κ3) is 3.75. The topological polar surface area (TPSA) is 69.8 Å². The van der Waals surface area contributed by atoms with Crippen molar-refractivity contribution in [3.63, 3.8) is 0 Å². The van der Waals surface area contributed by atoms with E-state index < -0.39 is 6.61 Å². The number of aliphatic hydroxyl groups excluding tert-OH is 1. The molecule has 2 heterocycles. The maximum absolute atomic E-state index is 12.9. The van der Waals surface area contributed by atoms with Crippen molar-refractivity contribution < 1.29 is 18.7 Å². The van der Waals surface area contributed by atoms with Gasteiger partial charge in [0.25, 0.3) is 0 Å². The minimum absolute atomic E-state index is 0.232. The van der Waals surface area contributed by atoms with E-state index in [1.54, 1.807) is 23.3 Å². The zero-order chi connectivity index (χ0) is 16.2. The standard InChI is InChI=1S/C16H18FN3O3/c17-13-3-1-12(2-4-13)16-18-14(11-23-16)9-19-5-7-20(8-6-19)15(22)10-21/h1-4,11,21H,5-10H2. The second-order valence-corrected chi connectivity index (χ2v) is 5.47. The highest BCUT2D eigenvalue weighted by Crippen LogP contribution is 2.19. The molecule has 1 saturated heterocycles. The Hall–Kier alpha value is -2.25. The lowest BCUT2D eigenvalue weighted by atomic mass is 10.2. The van der Waals surface area contributed by atoms with Crippen LogP contribution in [0.2, 0.25) is 0 Å². The van der Waals surface area contributed by atoms with Gasteiger partial charge in [0.1, 0.15) is 18.7 Å². The largest absolute Gasteiger partial charge is 0.444 e. The maximum Gasteiger partial charge on any atom is 0.248 e. The number of halogens is 1. The summed E-state index contributed by atoms with van der Waals surface area (Å²) in [6.45, 7) is 2.84. The third-order valence-corrected chi connectivity index (χ3v) is 3.89. The number of piperazine rings is 1. The number of oxazole rings is 1. The van der Waals surface area contributed by atoms with Gasteiger partial charge in [0.2, 0.25) is 11.8 Å². The number of aliphatic hydroxyl groups is 1. The Morgan fingerprint density at radius 2 is 1.91 bits per heavy atom. The highest BCUT2D eigenvalue weighted by atomic mass is 19.1. The Labute approximate surface area is 133 Å². The first-order valence-corrected chi connectivity index (χ1v) is 7.47. The number of rotatable bonds is 4. The molecule has 1 fully saturated rings. The van der Waals surface area contributed by atoms with Gasteiger partial charge in [-0.3, -0.25) is 9.69 Å². The molecular formula is C16H18FN3O3. The molecule has 0 unspecified atom stereocenters. The molecule has 2 aromatic rings. The number of aromatic nitrogens is 1. The van der Waals surface area contributed by atoms with Crippen molar-refractivity contribution in [2.24, 2.45) is 0 Å². The predicted molar refractivity (Wildman–Crippen MR) is 80.8 cm³/mol. The number of benzene rings is 1. The number of amides is 1. The van der Waals surface area contributed by atoms with Gasteiger partial charge in [0.05, 0.1) is 5.69 Å². The van der Waals surface area contributed by atoms with Gasteiger partial charge in [0, 0.05) is 38.3 Å². The Kier molecular flexibility index (Phi) is 4.68. The van der Waals surface area contributed by atoms with Gasteiger partial charge in [-0.25, -0.2) is 9.37 Å². The van der Waals surface area contributed by atoms with Crippen LogP contribution in [0, 0.1) is 5.82 Å². The Morgan fingerprint density at radius 1 is 1.22 bits per heavy atom. The van der Waals surface area contributed by atoms with E-state index in [0.29, 0.717) is 25.5 Å². The van der Waals surface area contributed by atoms with Crippen molar-refractivity contribution in [1.82, 2.24) is 14.8 Å². The summed E-state index contributed by atoms with van der Waals surface area (Å²) in [5.41, 5.74) is 1.53. The Morgan fingerprint density at radius 3 is 2.57 bits per heavy atom. The summed E-state index contributed by atoms with van der Waals surface area (Å²) in [4.78, 5) is 19.7. The van der Waals surface area contributed by atoms with Gasteiger partial charge >= 0.3 is 0 Å². The first-order chi connectivity index (χ1) is 11.2. The van der Waals surface area contributed by atoms with E-state index in [1.807, 2.05) is 0 Å². The third-order valence-electron chi connectivity index (χ3n) is 3.89. The van der Waals surface area contributed by atoms with E-state index in [-0.39, 0.29) is 11.7 Å². The van der Waals surface area contributed by atoms with Crippen molar-refractivity contribution in [3.8, 4) is 11.5 Å². The molecule has 1 aliphatic heterocycles. The van der Waals surface area contributed by atoms with Gasteiger partial charge in [-0.1, -0.05) is 0 Å². The summed E-state index contributed by atoms with van der Waals surface area (Å²) in [5.74, 6) is -0.0606. The van der Waals surface area contributed by atoms with Gasteiger partial charge in [-0.2, -0.15) is 0 Å². The first kappa shape index (κ1) is 15.6. The van der Waals surface area contributed by atoms with Crippen LogP contribution in [0.5, 0.6) is 0 Å². The quantitative estimate of drug-likeness (QED) is 0.914. The van der Waals surface area contributed by atoms with E-state index >= 15 is 0 Å². The lowest BCUT2D eigenvalue weighted by molar-refractivity contribution is -0.136. The van der Waals surface area contributed by atoms with Crippen LogP contribution in [0.15, 0.2) is 34.9 Å². The molecule has 0 saturated carbocycles. The maximum atomic E-state index is 12.9. The average Bonchev–Trinajstić information content (AvgIpc) is 3.04. The van der Waals surface area contributed by atoms with E-state index in [0.717, 1.165) is 24.3 Å². The highest BCUT2D eigenvalue weighted by molar-refractivity contribution is 5.77. The molecule has 0 bridgehead atoms. The fourth-order valence-corrected chi connectivity index (χ4v) is 2.59. The molecule has 0 aliphatic carbocycles. The summed E-state index contributed by atoms with van der Waals surface area (Å²) in [6, 6.07) is 6.00. The van der Waals surface area contributed by atoms with Gasteiger partial charge in [-0.15, -0.1) is 0 Å². The van der Waals surface area contributed by atoms with Gasteiger partial charge < -0.3 is 14.4 Å². The average molecular weight is 319 g/mol. The van der Waals surface area contributed by atoms with Gasteiger partial charge in [-0.05, 0) is 24.3 Å². The van der Waals surface area contributed by atoms with Crippen molar-refractivity contribution >= 4 is 5.91 Å². The molecule has 7 heteroatoms. The number of nitrogens with zero attached hydrogens (tertiary/aromatic N) is 3. The monoisotopic (exact) mass is 319 g/mol. The summed E-state index contributed by atoms with van der Waals surface area (Å²) in [6.07, 6.45) is 1.60. The normalized spacial score (nSPS) is 15.8. The summed E-state index contributed by atoms with van der Waals surface area (Å²) in [5, 5.41) is 8.87. The summed E-state index contributed by atoms with van der Waals surface area (Å²) < 4.78 is 18.4. The molecule has 1 aromatic carbocycles. The van der Waals surface area contributed by atoms with Crippen LogP contribution in [-0.4, -0.2) is 58.6 Å². The molecule has 6 nitrogen and oxygen atoms in total. The molecule has 3 rings (SSSR count). The molecule has 0 spiro atoms. The van der Waals surface area contributed by atoms with Crippen LogP contribution in [0.1, 0.15) is 5.69 Å². The van der Waals surface area contributed by atoms with Crippen molar-refractivity contribution in [2.45, 2.75) is 6.54 Å². The molecule has 0 radical (unpaired) electrons. The molecule has 0 atom stereocenters. The summed E-state index contributed by atoms with van der Waals surface area (Å²) in [7, 11) is 0. The van der Waals surface area contributed by atoms with Crippen LogP contribution in [-0.2, 0) is 11.3 Å². The lowest BCUT2D eigenvalue weighted by Gasteiger charge is -2.33. The van der Waals surface area contributed by atoms with Crippen LogP contribution in [0.4, 0.5) is 4.39 Å². The van der Waals surface area contributed by atoms with E-state index in [1.165, 1.54) is 12.1 Å². The Balaban J connectivity index is 1.58. The van der Waals surface area contributed by atoms with Crippen LogP contribution >= 0.6 is 0 Å². The molecular weight excluding hydrogens is 301 g/mol. The Bertz CT molecular complexity index is 663. The van der Waals surface area contributed by atoms with E-state index in [2.05, 4.69) is 9.88 Å². The molecule has 1 aliphatic rings. The molecule has 1 N–H and O–H groups in total. The van der Waals surface area contributed by atoms with E-state index in [9.17, 15) is 9.18 Å².